The first-order chi connectivity index (χ1) is 9.11. The number of aliphatic hydroxyl groups is 1. The summed E-state index contributed by atoms with van der Waals surface area (Å²) in [7, 11) is 3.58. The van der Waals surface area contributed by atoms with E-state index >= 15 is 0 Å². The fraction of sp³-hybridized carbons (Fsp3) is 0.267. The van der Waals surface area contributed by atoms with E-state index in [1.807, 2.05) is 48.3 Å². The van der Waals surface area contributed by atoms with Crippen LogP contribution in [0.4, 0.5) is 11.5 Å². The van der Waals surface area contributed by atoms with Gasteiger partial charge in [0.25, 0.3) is 0 Å². The van der Waals surface area contributed by atoms with Gasteiger partial charge < -0.3 is 14.7 Å². The van der Waals surface area contributed by atoms with Gasteiger partial charge in [0.1, 0.15) is 11.6 Å². The van der Waals surface area contributed by atoms with Gasteiger partial charge in [-0.1, -0.05) is 6.07 Å². The summed E-state index contributed by atoms with van der Waals surface area (Å²) in [5, 5.41) is 9.62. The topological polar surface area (TPSA) is 45.6 Å². The standard InChI is InChI=1S/C15H18N2O2/c1-11(18)12-7-8-16-15(9-12)17(2)13-5-4-6-14(10-13)19-3/h4-11,18H,1-3H3/t11-/m1/s1. The number of pyridine rings is 1. The minimum Gasteiger partial charge on any atom is -0.497 e. The van der Waals surface area contributed by atoms with Crippen LogP contribution in [0.15, 0.2) is 42.6 Å². The molecule has 0 aliphatic heterocycles. The van der Waals surface area contributed by atoms with Gasteiger partial charge in [0.05, 0.1) is 13.2 Å². The Kier molecular flexibility index (Phi) is 4.02. The first kappa shape index (κ1) is 13.4. The van der Waals surface area contributed by atoms with Gasteiger partial charge in [-0.05, 0) is 36.8 Å². The van der Waals surface area contributed by atoms with Crippen molar-refractivity contribution in [1.82, 2.24) is 4.98 Å². The monoisotopic (exact) mass is 258 g/mol. The minimum absolute atomic E-state index is 0.500. The average Bonchev–Trinajstić information content (AvgIpc) is 2.46. The quantitative estimate of drug-likeness (QED) is 0.916. The van der Waals surface area contributed by atoms with E-state index in [0.29, 0.717) is 0 Å². The van der Waals surface area contributed by atoms with Crippen LogP contribution < -0.4 is 9.64 Å². The van der Waals surface area contributed by atoms with Crippen LogP contribution in [0.5, 0.6) is 5.75 Å². The normalized spacial score (nSPS) is 12.0. The summed E-state index contributed by atoms with van der Waals surface area (Å²) < 4.78 is 5.22. The molecule has 1 atom stereocenters. The van der Waals surface area contributed by atoms with Crippen LogP contribution >= 0.6 is 0 Å². The van der Waals surface area contributed by atoms with Crippen LogP contribution in [0.25, 0.3) is 0 Å². The maximum atomic E-state index is 9.62. The van der Waals surface area contributed by atoms with E-state index in [2.05, 4.69) is 4.98 Å². The van der Waals surface area contributed by atoms with Crippen LogP contribution in [-0.2, 0) is 0 Å². The molecule has 1 N–H and O–H groups in total. The number of benzene rings is 1. The number of hydrogen-bond acceptors (Lipinski definition) is 4. The molecule has 19 heavy (non-hydrogen) atoms. The molecule has 0 spiro atoms. The van der Waals surface area contributed by atoms with Crippen molar-refractivity contribution >= 4 is 11.5 Å². The summed E-state index contributed by atoms with van der Waals surface area (Å²) in [6, 6.07) is 11.5. The summed E-state index contributed by atoms with van der Waals surface area (Å²) in [5.41, 5.74) is 1.83. The van der Waals surface area contributed by atoms with E-state index in [4.69, 9.17) is 4.74 Å². The van der Waals surface area contributed by atoms with Crippen LogP contribution in [-0.4, -0.2) is 24.2 Å². The third kappa shape index (κ3) is 3.03. The number of aromatic nitrogens is 1. The molecule has 0 bridgehead atoms. The van der Waals surface area contributed by atoms with Crippen molar-refractivity contribution in [2.24, 2.45) is 0 Å². The Morgan fingerprint density at radius 2 is 2.05 bits per heavy atom. The van der Waals surface area contributed by atoms with Gasteiger partial charge in [-0.15, -0.1) is 0 Å². The van der Waals surface area contributed by atoms with Gasteiger partial charge in [0, 0.05) is 25.0 Å². The van der Waals surface area contributed by atoms with Crippen LogP contribution in [0.1, 0.15) is 18.6 Å². The Labute approximate surface area is 113 Å². The van der Waals surface area contributed by atoms with Crippen molar-refractivity contribution in [3.8, 4) is 5.75 Å². The number of methoxy groups -OCH3 is 1. The highest BCUT2D eigenvalue weighted by Crippen LogP contribution is 2.26. The lowest BCUT2D eigenvalue weighted by atomic mass is 10.1. The predicted octanol–water partition coefficient (Wildman–Crippen LogP) is 2.91. The molecule has 0 saturated carbocycles. The number of ether oxygens (including phenoxy) is 1. The lowest BCUT2D eigenvalue weighted by molar-refractivity contribution is 0.199. The Morgan fingerprint density at radius 3 is 2.74 bits per heavy atom. The molecule has 0 saturated heterocycles. The molecule has 100 valence electrons. The second-order valence-electron chi connectivity index (χ2n) is 4.38. The molecule has 0 fully saturated rings. The molecule has 1 aromatic carbocycles. The lowest BCUT2D eigenvalue weighted by Crippen LogP contribution is -2.11. The molecule has 1 heterocycles. The van der Waals surface area contributed by atoms with Crippen LogP contribution in [0.3, 0.4) is 0 Å². The molecule has 0 aliphatic rings. The van der Waals surface area contributed by atoms with E-state index < -0.39 is 6.10 Å². The SMILES string of the molecule is COc1cccc(N(C)c2cc([C@@H](C)O)ccn2)c1. The molecule has 2 rings (SSSR count). The van der Waals surface area contributed by atoms with Crippen LogP contribution in [0.2, 0.25) is 0 Å². The molecule has 0 aliphatic carbocycles. The first-order valence-corrected chi connectivity index (χ1v) is 6.13. The van der Waals surface area contributed by atoms with E-state index in [1.165, 1.54) is 0 Å². The average molecular weight is 258 g/mol. The first-order valence-electron chi connectivity index (χ1n) is 6.13. The van der Waals surface area contributed by atoms with Gasteiger partial charge in [-0.2, -0.15) is 0 Å². The fourth-order valence-corrected chi connectivity index (χ4v) is 1.83. The molecule has 4 nitrogen and oxygen atoms in total. The van der Waals surface area contributed by atoms with Crippen molar-refractivity contribution in [2.75, 3.05) is 19.1 Å². The number of anilines is 2. The van der Waals surface area contributed by atoms with Crippen molar-refractivity contribution in [2.45, 2.75) is 13.0 Å². The van der Waals surface area contributed by atoms with Gasteiger partial charge >= 0.3 is 0 Å². The zero-order valence-electron chi connectivity index (χ0n) is 11.4. The fourth-order valence-electron chi connectivity index (χ4n) is 1.83. The van der Waals surface area contributed by atoms with Gasteiger partial charge in [0.15, 0.2) is 0 Å². The summed E-state index contributed by atoms with van der Waals surface area (Å²) >= 11 is 0. The number of aliphatic hydroxyl groups excluding tert-OH is 1. The highest BCUT2D eigenvalue weighted by Gasteiger charge is 2.09. The molecule has 0 amide bonds. The zero-order valence-corrected chi connectivity index (χ0v) is 11.4. The van der Waals surface area contributed by atoms with Crippen LogP contribution in [0, 0.1) is 0 Å². The molecule has 4 heteroatoms. The smallest absolute Gasteiger partial charge is 0.133 e. The Bertz CT molecular complexity index is 555. The molecule has 1 aromatic heterocycles. The maximum Gasteiger partial charge on any atom is 0.133 e. The molecule has 0 radical (unpaired) electrons. The molecule has 0 unspecified atom stereocenters. The Balaban J connectivity index is 2.32. The second kappa shape index (κ2) is 5.71. The predicted molar refractivity (Wildman–Crippen MR) is 75.9 cm³/mol. The van der Waals surface area contributed by atoms with E-state index in [-0.39, 0.29) is 0 Å². The number of rotatable bonds is 4. The van der Waals surface area contributed by atoms with E-state index in [0.717, 1.165) is 22.8 Å². The summed E-state index contributed by atoms with van der Waals surface area (Å²) in [6.07, 6.45) is 1.20. The highest BCUT2D eigenvalue weighted by molar-refractivity contribution is 5.61. The van der Waals surface area contributed by atoms with Crippen molar-refractivity contribution < 1.29 is 9.84 Å². The summed E-state index contributed by atoms with van der Waals surface area (Å²) in [6.45, 7) is 1.74. The number of hydrogen-bond donors (Lipinski definition) is 1. The second-order valence-corrected chi connectivity index (χ2v) is 4.38. The largest absolute Gasteiger partial charge is 0.497 e. The highest BCUT2D eigenvalue weighted by atomic mass is 16.5. The third-order valence-electron chi connectivity index (χ3n) is 3.04. The number of nitrogens with zero attached hydrogens (tertiary/aromatic N) is 2. The van der Waals surface area contributed by atoms with Gasteiger partial charge in [-0.3, -0.25) is 0 Å². The van der Waals surface area contributed by atoms with E-state index in [9.17, 15) is 5.11 Å². The summed E-state index contributed by atoms with van der Waals surface area (Å²) in [4.78, 5) is 6.28. The summed E-state index contributed by atoms with van der Waals surface area (Å²) in [5.74, 6) is 1.59. The zero-order chi connectivity index (χ0) is 13.8. The lowest BCUT2D eigenvalue weighted by Gasteiger charge is -2.20. The Hall–Kier alpha value is -2.07. The van der Waals surface area contributed by atoms with E-state index in [1.54, 1.807) is 20.2 Å². The minimum atomic E-state index is -0.500. The molecular formula is C15H18N2O2. The van der Waals surface area contributed by atoms with Gasteiger partial charge in [0.2, 0.25) is 0 Å². The van der Waals surface area contributed by atoms with Crippen molar-refractivity contribution in [3.63, 3.8) is 0 Å². The Morgan fingerprint density at radius 1 is 1.26 bits per heavy atom. The van der Waals surface area contributed by atoms with Crippen molar-refractivity contribution in [1.29, 1.82) is 0 Å². The molecular weight excluding hydrogens is 240 g/mol. The van der Waals surface area contributed by atoms with Gasteiger partial charge in [-0.25, -0.2) is 4.98 Å². The van der Waals surface area contributed by atoms with Crippen molar-refractivity contribution in [3.05, 3.63) is 48.2 Å². The molecule has 2 aromatic rings. The maximum absolute atomic E-state index is 9.62. The third-order valence-corrected chi connectivity index (χ3v) is 3.04.